The molecule has 1 saturated heterocycles. The maximum absolute atomic E-state index is 12.6. The van der Waals surface area contributed by atoms with Gasteiger partial charge in [-0.1, -0.05) is 5.11 Å². The van der Waals surface area contributed by atoms with Gasteiger partial charge in [0.05, 0.1) is 26.9 Å². The first kappa shape index (κ1) is 20.0. The van der Waals surface area contributed by atoms with Gasteiger partial charge in [0.1, 0.15) is 0 Å². The molecule has 27 heavy (non-hydrogen) atoms. The smallest absolute Gasteiger partial charge is 0.359 e. The van der Waals surface area contributed by atoms with Crippen molar-refractivity contribution in [2.75, 3.05) is 39.3 Å². The highest BCUT2D eigenvalue weighted by molar-refractivity contribution is 6.08. The van der Waals surface area contributed by atoms with Gasteiger partial charge in [0.2, 0.25) is 0 Å². The number of methoxy groups -OCH3 is 3. The molecule has 1 aliphatic heterocycles. The van der Waals surface area contributed by atoms with Crippen LogP contribution in [0.2, 0.25) is 0 Å². The van der Waals surface area contributed by atoms with Crippen LogP contribution in [0.15, 0.2) is 29.4 Å². The highest BCUT2D eigenvalue weighted by atomic mass is 16.6. The van der Waals surface area contributed by atoms with Gasteiger partial charge in [-0.3, -0.25) is 5.32 Å². The van der Waals surface area contributed by atoms with Crippen molar-refractivity contribution in [1.29, 1.82) is 0 Å². The van der Waals surface area contributed by atoms with Crippen molar-refractivity contribution in [3.05, 3.63) is 40.3 Å². The number of hydrogen-bond donors (Lipinski definition) is 1. The van der Waals surface area contributed by atoms with E-state index in [1.165, 1.54) is 24.1 Å². The summed E-state index contributed by atoms with van der Waals surface area (Å²) in [5.41, 5.74) is 7.35. The Bertz CT molecular complexity index is 758. The lowest BCUT2D eigenvalue weighted by Crippen LogP contribution is -2.65. The standard InChI is InChI=1S/C16H19N5O6/c1-25-13(22)10-4-6-12(7-5-10)21-9-11(8-18-20-17)19-16(21,14(23)26-2)15(24)27-3/h4-7,11,19H,8-9H2,1-3H3. The second-order valence-electron chi connectivity index (χ2n) is 5.60. The molecule has 1 N–H and O–H groups in total. The van der Waals surface area contributed by atoms with E-state index in [0.717, 1.165) is 14.2 Å². The normalized spacial score (nSPS) is 17.6. The summed E-state index contributed by atoms with van der Waals surface area (Å²) in [6.45, 7) is 0.157. The molecule has 1 aromatic carbocycles. The van der Waals surface area contributed by atoms with E-state index in [4.69, 9.17) is 15.0 Å². The third-order valence-electron chi connectivity index (χ3n) is 4.15. The number of nitrogens with zero attached hydrogens (tertiary/aromatic N) is 4. The lowest BCUT2D eigenvalue weighted by molar-refractivity contribution is -0.162. The number of rotatable bonds is 6. The van der Waals surface area contributed by atoms with Crippen LogP contribution in [0, 0.1) is 0 Å². The number of carbonyl (C=O) groups is 3. The molecule has 0 bridgehead atoms. The van der Waals surface area contributed by atoms with Crippen molar-refractivity contribution in [3.63, 3.8) is 0 Å². The number of nitrogens with one attached hydrogen (secondary N) is 1. The van der Waals surface area contributed by atoms with Crippen molar-refractivity contribution in [2.45, 2.75) is 11.7 Å². The molecule has 0 saturated carbocycles. The molecule has 1 unspecified atom stereocenters. The quantitative estimate of drug-likeness (QED) is 0.190. The fourth-order valence-corrected chi connectivity index (χ4v) is 2.93. The molecule has 1 atom stereocenters. The van der Waals surface area contributed by atoms with Crippen LogP contribution in [0.3, 0.4) is 0 Å². The van der Waals surface area contributed by atoms with Crippen molar-refractivity contribution in [2.24, 2.45) is 5.11 Å². The molecule has 1 heterocycles. The van der Waals surface area contributed by atoms with Crippen molar-refractivity contribution in [3.8, 4) is 0 Å². The number of carbonyl (C=O) groups excluding carboxylic acids is 3. The highest BCUT2D eigenvalue weighted by Gasteiger charge is 2.59. The summed E-state index contributed by atoms with van der Waals surface area (Å²) in [6.07, 6.45) is 0. The lowest BCUT2D eigenvalue weighted by atomic mass is 10.1. The molecular formula is C16H19N5O6. The van der Waals surface area contributed by atoms with Gasteiger partial charge in [0.25, 0.3) is 5.66 Å². The van der Waals surface area contributed by atoms with Gasteiger partial charge in [0, 0.05) is 29.7 Å². The molecule has 144 valence electrons. The van der Waals surface area contributed by atoms with E-state index < -0.39 is 29.6 Å². The molecule has 1 aromatic rings. The van der Waals surface area contributed by atoms with Crippen LogP contribution in [0.25, 0.3) is 10.4 Å². The minimum absolute atomic E-state index is 0.00296. The van der Waals surface area contributed by atoms with Gasteiger partial charge in [-0.25, -0.2) is 14.4 Å². The Balaban J connectivity index is 2.50. The van der Waals surface area contributed by atoms with Crippen LogP contribution in [0.5, 0.6) is 0 Å². The molecule has 1 aliphatic rings. The molecule has 1 fully saturated rings. The van der Waals surface area contributed by atoms with Gasteiger partial charge < -0.3 is 19.1 Å². The van der Waals surface area contributed by atoms with Gasteiger partial charge in [-0.15, -0.1) is 0 Å². The Hall–Kier alpha value is -3.30. The summed E-state index contributed by atoms with van der Waals surface area (Å²) in [6, 6.07) is 5.61. The fraction of sp³-hybridized carbons (Fsp3) is 0.438. The third-order valence-corrected chi connectivity index (χ3v) is 4.15. The molecule has 0 amide bonds. The van der Waals surface area contributed by atoms with Gasteiger partial charge >= 0.3 is 17.9 Å². The minimum atomic E-state index is -1.95. The highest BCUT2D eigenvalue weighted by Crippen LogP contribution is 2.31. The van der Waals surface area contributed by atoms with Crippen molar-refractivity contribution in [1.82, 2.24) is 5.32 Å². The second kappa shape index (κ2) is 8.39. The molecule has 11 heteroatoms. The fourth-order valence-electron chi connectivity index (χ4n) is 2.93. The maximum Gasteiger partial charge on any atom is 0.359 e. The van der Waals surface area contributed by atoms with E-state index >= 15 is 0 Å². The number of ether oxygens (including phenoxy) is 3. The summed E-state index contributed by atoms with van der Waals surface area (Å²) < 4.78 is 14.3. The zero-order valence-corrected chi connectivity index (χ0v) is 15.0. The first-order valence-electron chi connectivity index (χ1n) is 7.86. The number of anilines is 1. The minimum Gasteiger partial charge on any atom is -0.466 e. The van der Waals surface area contributed by atoms with Gasteiger partial charge in [-0.2, -0.15) is 0 Å². The second-order valence-corrected chi connectivity index (χ2v) is 5.60. The van der Waals surface area contributed by atoms with Gasteiger partial charge in [0.15, 0.2) is 0 Å². The van der Waals surface area contributed by atoms with E-state index in [9.17, 15) is 14.4 Å². The Kier molecular flexibility index (Phi) is 6.22. The summed E-state index contributed by atoms with van der Waals surface area (Å²) >= 11 is 0. The van der Waals surface area contributed by atoms with Crippen LogP contribution in [0.4, 0.5) is 5.69 Å². The van der Waals surface area contributed by atoms with Crippen LogP contribution in [-0.4, -0.2) is 64.0 Å². The first-order chi connectivity index (χ1) is 12.9. The summed E-state index contributed by atoms with van der Waals surface area (Å²) in [4.78, 5) is 40.9. The number of benzene rings is 1. The predicted molar refractivity (Wildman–Crippen MR) is 92.8 cm³/mol. The molecule has 0 spiro atoms. The topological polar surface area (TPSA) is 143 Å². The Morgan fingerprint density at radius 1 is 1.19 bits per heavy atom. The summed E-state index contributed by atoms with van der Waals surface area (Å²) in [7, 11) is 3.56. The largest absolute Gasteiger partial charge is 0.466 e. The first-order valence-corrected chi connectivity index (χ1v) is 7.86. The van der Waals surface area contributed by atoms with E-state index in [2.05, 4.69) is 20.1 Å². The van der Waals surface area contributed by atoms with E-state index in [1.807, 2.05) is 0 Å². The summed E-state index contributed by atoms with van der Waals surface area (Å²) in [5, 5.41) is 6.35. The zero-order valence-electron chi connectivity index (χ0n) is 15.0. The molecular weight excluding hydrogens is 358 g/mol. The van der Waals surface area contributed by atoms with Crippen molar-refractivity contribution >= 4 is 23.6 Å². The molecule has 2 rings (SSSR count). The van der Waals surface area contributed by atoms with Crippen molar-refractivity contribution < 1.29 is 28.6 Å². The molecule has 0 aromatic heterocycles. The SMILES string of the molecule is COC(=O)c1ccc(N2CC(CN=[N+]=[N-])NC2(C(=O)OC)C(=O)OC)cc1. The van der Waals surface area contributed by atoms with E-state index in [1.54, 1.807) is 12.1 Å². The monoisotopic (exact) mass is 377 g/mol. The Labute approximate surface area is 154 Å². The maximum atomic E-state index is 12.6. The number of esters is 3. The van der Waals surface area contributed by atoms with Crippen LogP contribution >= 0.6 is 0 Å². The van der Waals surface area contributed by atoms with Crippen LogP contribution in [-0.2, 0) is 23.8 Å². The number of azide groups is 1. The molecule has 0 aliphatic carbocycles. The van der Waals surface area contributed by atoms with E-state index in [-0.39, 0.29) is 13.1 Å². The molecule has 0 radical (unpaired) electrons. The average Bonchev–Trinajstić information content (AvgIpc) is 3.11. The average molecular weight is 377 g/mol. The van der Waals surface area contributed by atoms with Gasteiger partial charge in [-0.05, 0) is 29.8 Å². The number of hydrogen-bond acceptors (Lipinski definition) is 9. The summed E-state index contributed by atoms with van der Waals surface area (Å²) in [5.74, 6) is -2.28. The lowest BCUT2D eigenvalue weighted by Gasteiger charge is -2.34. The predicted octanol–water partition coefficient (Wildman–Crippen LogP) is 0.604. The Morgan fingerprint density at radius 2 is 1.78 bits per heavy atom. The molecule has 11 nitrogen and oxygen atoms in total. The Morgan fingerprint density at radius 3 is 2.26 bits per heavy atom. The third kappa shape index (κ3) is 3.64. The van der Waals surface area contributed by atoms with Crippen LogP contribution < -0.4 is 10.2 Å². The van der Waals surface area contributed by atoms with Crippen LogP contribution in [0.1, 0.15) is 10.4 Å². The zero-order chi connectivity index (χ0) is 20.0. The van der Waals surface area contributed by atoms with E-state index in [0.29, 0.717) is 11.3 Å².